The topological polar surface area (TPSA) is 81.4 Å². The summed E-state index contributed by atoms with van der Waals surface area (Å²) in [6.45, 7) is 0.296. The van der Waals surface area contributed by atoms with Crippen LogP contribution in [0, 0.1) is 5.82 Å². The quantitative estimate of drug-likeness (QED) is 0.623. The first-order chi connectivity index (χ1) is 14.0. The van der Waals surface area contributed by atoms with Crippen LogP contribution in [0.5, 0.6) is 0 Å². The van der Waals surface area contributed by atoms with E-state index in [1.165, 1.54) is 13.2 Å². The summed E-state index contributed by atoms with van der Waals surface area (Å²) in [6.07, 6.45) is 0.0457. The molecule has 0 spiro atoms. The molecule has 0 aliphatic heterocycles. The highest BCUT2D eigenvalue weighted by Gasteiger charge is 2.13. The Morgan fingerprint density at radius 2 is 1.83 bits per heavy atom. The normalized spacial score (nSPS) is 10.4. The summed E-state index contributed by atoms with van der Waals surface area (Å²) in [6, 6.07) is 18.4. The largest absolute Gasteiger partial charge is 0.469 e. The Morgan fingerprint density at radius 1 is 1.03 bits per heavy atom. The van der Waals surface area contributed by atoms with Crippen molar-refractivity contribution in [2.45, 2.75) is 13.0 Å². The molecule has 0 bridgehead atoms. The number of hydrogen-bond donors (Lipinski definition) is 2. The van der Waals surface area contributed by atoms with E-state index in [0.29, 0.717) is 34.5 Å². The third-order valence-electron chi connectivity index (χ3n) is 4.53. The number of hydrogen-bond acceptors (Lipinski definition) is 4. The minimum Gasteiger partial charge on any atom is -0.469 e. The van der Waals surface area contributed by atoms with Crippen LogP contribution in [-0.2, 0) is 22.5 Å². The molecule has 3 N–H and O–H groups in total. The van der Waals surface area contributed by atoms with Gasteiger partial charge in [-0.25, -0.2) is 4.39 Å². The number of amides is 1. The number of nitrogens with two attached hydrogens (primary N) is 1. The lowest BCUT2D eigenvalue weighted by Gasteiger charge is -2.12. The zero-order valence-electron chi connectivity index (χ0n) is 15.9. The molecule has 0 saturated carbocycles. The van der Waals surface area contributed by atoms with Gasteiger partial charge in [-0.15, -0.1) is 0 Å². The van der Waals surface area contributed by atoms with Crippen LogP contribution in [0.15, 0.2) is 66.7 Å². The molecule has 0 aliphatic carbocycles. The molecular weight excluding hydrogens is 371 g/mol. The number of methoxy groups -OCH3 is 1. The monoisotopic (exact) mass is 392 g/mol. The van der Waals surface area contributed by atoms with Crippen molar-refractivity contribution in [3.63, 3.8) is 0 Å². The second-order valence-electron chi connectivity index (χ2n) is 6.46. The van der Waals surface area contributed by atoms with Crippen LogP contribution in [0.25, 0.3) is 11.1 Å². The number of esters is 1. The number of benzene rings is 3. The van der Waals surface area contributed by atoms with Gasteiger partial charge in [0.2, 0.25) is 0 Å². The molecule has 0 atom stereocenters. The lowest BCUT2D eigenvalue weighted by Crippen LogP contribution is -2.15. The molecular formula is C23H21FN2O3. The van der Waals surface area contributed by atoms with E-state index in [1.54, 1.807) is 60.7 Å². The van der Waals surface area contributed by atoms with E-state index in [9.17, 15) is 14.0 Å². The number of nitrogens with one attached hydrogen (secondary N) is 1. The summed E-state index contributed by atoms with van der Waals surface area (Å²) < 4.78 is 19.0. The summed E-state index contributed by atoms with van der Waals surface area (Å²) in [4.78, 5) is 24.4. The Labute approximate surface area is 168 Å². The van der Waals surface area contributed by atoms with Crippen LogP contribution < -0.4 is 11.1 Å². The van der Waals surface area contributed by atoms with Gasteiger partial charge >= 0.3 is 5.97 Å². The van der Waals surface area contributed by atoms with Crippen LogP contribution in [0.4, 0.5) is 10.1 Å². The van der Waals surface area contributed by atoms with Crippen LogP contribution in [0.3, 0.4) is 0 Å². The van der Waals surface area contributed by atoms with E-state index in [-0.39, 0.29) is 18.1 Å². The Bertz CT molecular complexity index is 1050. The van der Waals surface area contributed by atoms with Gasteiger partial charge in [0.1, 0.15) is 5.82 Å². The van der Waals surface area contributed by atoms with E-state index >= 15 is 0 Å². The van der Waals surface area contributed by atoms with Crippen LogP contribution in [-0.4, -0.2) is 19.0 Å². The second-order valence-corrected chi connectivity index (χ2v) is 6.46. The van der Waals surface area contributed by atoms with Gasteiger partial charge in [-0.2, -0.15) is 0 Å². The molecule has 3 rings (SSSR count). The molecule has 5 nitrogen and oxygen atoms in total. The van der Waals surface area contributed by atoms with E-state index in [0.717, 1.165) is 5.56 Å². The maximum atomic E-state index is 14.3. The first-order valence-electron chi connectivity index (χ1n) is 9.07. The highest BCUT2D eigenvalue weighted by atomic mass is 19.1. The molecule has 0 fully saturated rings. The Hall–Kier alpha value is -3.51. The van der Waals surface area contributed by atoms with Crippen molar-refractivity contribution >= 4 is 17.6 Å². The van der Waals surface area contributed by atoms with E-state index in [2.05, 4.69) is 5.32 Å². The highest BCUT2D eigenvalue weighted by Crippen LogP contribution is 2.26. The Kier molecular flexibility index (Phi) is 6.36. The first kappa shape index (κ1) is 20.2. The van der Waals surface area contributed by atoms with Gasteiger partial charge in [0.05, 0.1) is 13.5 Å². The summed E-state index contributed by atoms with van der Waals surface area (Å²) in [5.74, 6) is -1.15. The molecule has 0 aliphatic rings. The van der Waals surface area contributed by atoms with Gasteiger partial charge in [-0.3, -0.25) is 9.59 Å². The van der Waals surface area contributed by atoms with Crippen LogP contribution in [0.2, 0.25) is 0 Å². The van der Waals surface area contributed by atoms with Crippen molar-refractivity contribution in [2.24, 2.45) is 5.73 Å². The van der Waals surface area contributed by atoms with Crippen LogP contribution >= 0.6 is 0 Å². The van der Waals surface area contributed by atoms with Gasteiger partial charge < -0.3 is 15.8 Å². The third kappa shape index (κ3) is 4.86. The number of halogens is 1. The van der Waals surface area contributed by atoms with Gasteiger partial charge in [0.25, 0.3) is 5.91 Å². The van der Waals surface area contributed by atoms with Crippen molar-refractivity contribution in [3.8, 4) is 11.1 Å². The number of carbonyl (C=O) groups is 2. The van der Waals surface area contributed by atoms with Gasteiger partial charge in [-0.05, 0) is 47.0 Å². The fourth-order valence-corrected chi connectivity index (χ4v) is 2.97. The lowest BCUT2D eigenvalue weighted by atomic mass is 10.00. The van der Waals surface area contributed by atoms with Crippen molar-refractivity contribution in [2.75, 3.05) is 12.4 Å². The van der Waals surface area contributed by atoms with Gasteiger partial charge in [-0.1, -0.05) is 36.4 Å². The first-order valence-corrected chi connectivity index (χ1v) is 9.07. The fourth-order valence-electron chi connectivity index (χ4n) is 2.97. The molecule has 148 valence electrons. The highest BCUT2D eigenvalue weighted by molar-refractivity contribution is 6.05. The minimum atomic E-state index is -0.399. The average Bonchev–Trinajstić information content (AvgIpc) is 2.75. The zero-order chi connectivity index (χ0) is 20.8. The maximum absolute atomic E-state index is 14.3. The zero-order valence-corrected chi connectivity index (χ0v) is 15.9. The predicted octanol–water partition coefficient (Wildman–Crippen LogP) is 3.92. The summed E-state index contributed by atoms with van der Waals surface area (Å²) >= 11 is 0. The molecule has 0 unspecified atom stereocenters. The van der Waals surface area contributed by atoms with Crippen molar-refractivity contribution < 1.29 is 18.7 Å². The Balaban J connectivity index is 1.87. The molecule has 0 heterocycles. The second kappa shape index (κ2) is 9.12. The Morgan fingerprint density at radius 3 is 2.59 bits per heavy atom. The summed E-state index contributed by atoms with van der Waals surface area (Å²) in [5.41, 5.74) is 8.94. The molecule has 0 saturated heterocycles. The summed E-state index contributed by atoms with van der Waals surface area (Å²) in [7, 11) is 1.31. The van der Waals surface area contributed by atoms with Crippen LogP contribution in [0.1, 0.15) is 21.5 Å². The SMILES string of the molecule is COC(=O)Cc1ccccc1NC(=O)c1cccc(-c2cc(CN)ccc2F)c1. The average molecular weight is 392 g/mol. The lowest BCUT2D eigenvalue weighted by molar-refractivity contribution is -0.139. The molecule has 0 aromatic heterocycles. The van der Waals surface area contributed by atoms with E-state index in [1.807, 2.05) is 0 Å². The van der Waals surface area contributed by atoms with Crippen molar-refractivity contribution in [1.82, 2.24) is 0 Å². The molecule has 1 amide bonds. The van der Waals surface area contributed by atoms with E-state index < -0.39 is 5.97 Å². The van der Waals surface area contributed by atoms with Crippen molar-refractivity contribution in [1.29, 1.82) is 0 Å². The molecule has 6 heteroatoms. The van der Waals surface area contributed by atoms with Gasteiger partial charge in [0, 0.05) is 23.4 Å². The number of anilines is 1. The molecule has 3 aromatic carbocycles. The van der Waals surface area contributed by atoms with Gasteiger partial charge in [0.15, 0.2) is 0 Å². The van der Waals surface area contributed by atoms with E-state index in [4.69, 9.17) is 10.5 Å². The predicted molar refractivity (Wildman–Crippen MR) is 110 cm³/mol. The number of rotatable bonds is 6. The molecule has 29 heavy (non-hydrogen) atoms. The maximum Gasteiger partial charge on any atom is 0.310 e. The number of carbonyl (C=O) groups excluding carboxylic acids is 2. The number of ether oxygens (including phenoxy) is 1. The third-order valence-corrected chi connectivity index (χ3v) is 4.53. The standard InChI is InChI=1S/C23H21FN2O3/c1-29-22(27)13-17-5-2-3-8-21(17)26-23(28)18-7-4-6-16(12-18)19-11-15(14-25)9-10-20(19)24/h2-12H,13-14,25H2,1H3,(H,26,28). The summed E-state index contributed by atoms with van der Waals surface area (Å²) in [5, 5.41) is 2.81. The fraction of sp³-hybridized carbons (Fsp3) is 0.130. The minimum absolute atomic E-state index is 0.0457. The smallest absolute Gasteiger partial charge is 0.310 e. The number of para-hydroxylation sites is 1. The molecule has 3 aromatic rings. The molecule has 0 radical (unpaired) electrons. The van der Waals surface area contributed by atoms with Crippen molar-refractivity contribution in [3.05, 3.63) is 89.2 Å².